The minimum absolute atomic E-state index is 0.298. The molecule has 0 bridgehead atoms. The van der Waals surface area contributed by atoms with Gasteiger partial charge in [-0.2, -0.15) is 5.06 Å². The smallest absolute Gasteiger partial charge is 0.347 e. The normalized spacial score (nSPS) is 16.8. The van der Waals surface area contributed by atoms with E-state index in [4.69, 9.17) is 4.74 Å². The number of hydrogen-bond donors (Lipinski definition) is 2. The number of nitrogens with zero attached hydrogens (tertiary/aromatic N) is 3. The van der Waals surface area contributed by atoms with Crippen molar-refractivity contribution in [3.05, 3.63) is 90.5 Å². The molecular formula is C27H30N4O4. The fourth-order valence-corrected chi connectivity index (χ4v) is 4.52. The second-order valence-corrected chi connectivity index (χ2v) is 8.87. The van der Waals surface area contributed by atoms with Gasteiger partial charge in [-0.05, 0) is 56.2 Å². The van der Waals surface area contributed by atoms with Crippen LogP contribution in [-0.2, 0) is 6.42 Å². The second-order valence-electron chi connectivity index (χ2n) is 8.87. The maximum atomic E-state index is 13.7. The number of carbonyl (C=O) groups is 2. The monoisotopic (exact) mass is 474 g/mol. The van der Waals surface area contributed by atoms with E-state index in [0.29, 0.717) is 29.4 Å². The van der Waals surface area contributed by atoms with Crippen LogP contribution in [0.2, 0.25) is 0 Å². The topological polar surface area (TPSA) is 85.3 Å². The zero-order chi connectivity index (χ0) is 25.0. The lowest BCUT2D eigenvalue weighted by molar-refractivity contribution is -0.0947. The molecule has 0 saturated carbocycles. The minimum atomic E-state index is -0.973. The Labute approximate surface area is 205 Å². The van der Waals surface area contributed by atoms with Gasteiger partial charge in [0.15, 0.2) is 6.17 Å². The lowest BCUT2D eigenvalue weighted by Crippen LogP contribution is -2.58. The summed E-state index contributed by atoms with van der Waals surface area (Å²) in [5.74, 6) is 0.749. The summed E-state index contributed by atoms with van der Waals surface area (Å²) in [6.45, 7) is 4.07. The largest absolute Gasteiger partial charge is 0.496 e. The molecule has 1 fully saturated rings. The molecule has 4 rings (SSSR count). The number of para-hydroxylation sites is 3. The van der Waals surface area contributed by atoms with Crippen LogP contribution in [0.3, 0.4) is 0 Å². The summed E-state index contributed by atoms with van der Waals surface area (Å²) < 4.78 is 5.46. The van der Waals surface area contributed by atoms with Gasteiger partial charge in [0.2, 0.25) is 0 Å². The van der Waals surface area contributed by atoms with Crippen molar-refractivity contribution in [2.24, 2.45) is 0 Å². The molecule has 0 spiro atoms. The molecule has 35 heavy (non-hydrogen) atoms. The van der Waals surface area contributed by atoms with Crippen molar-refractivity contribution in [2.75, 3.05) is 23.9 Å². The maximum Gasteiger partial charge on any atom is 0.347 e. The molecule has 182 valence electrons. The van der Waals surface area contributed by atoms with E-state index in [1.807, 2.05) is 62.4 Å². The van der Waals surface area contributed by atoms with Gasteiger partial charge in [-0.1, -0.05) is 54.6 Å². The fourth-order valence-electron chi connectivity index (χ4n) is 4.52. The number of carbonyl (C=O) groups excluding carboxylic acids is 2. The first-order chi connectivity index (χ1) is 16.8. The zero-order valence-electron chi connectivity index (χ0n) is 20.1. The molecule has 8 heteroatoms. The lowest BCUT2D eigenvalue weighted by atomic mass is 9.99. The van der Waals surface area contributed by atoms with Crippen molar-refractivity contribution in [1.29, 1.82) is 0 Å². The van der Waals surface area contributed by atoms with E-state index >= 15 is 0 Å². The third-order valence-electron chi connectivity index (χ3n) is 6.31. The van der Waals surface area contributed by atoms with Gasteiger partial charge < -0.3 is 15.0 Å². The molecule has 3 aromatic carbocycles. The number of nitrogens with one attached hydrogen (secondary N) is 1. The van der Waals surface area contributed by atoms with Crippen LogP contribution in [0.15, 0.2) is 84.9 Å². The van der Waals surface area contributed by atoms with Gasteiger partial charge in [0, 0.05) is 17.9 Å². The summed E-state index contributed by atoms with van der Waals surface area (Å²) in [7, 11) is 1.62. The van der Waals surface area contributed by atoms with Gasteiger partial charge in [-0.25, -0.2) is 9.59 Å². The molecule has 0 aromatic heterocycles. The molecule has 4 amide bonds. The van der Waals surface area contributed by atoms with E-state index in [1.54, 1.807) is 48.4 Å². The first kappa shape index (κ1) is 24.1. The highest BCUT2D eigenvalue weighted by Gasteiger charge is 2.55. The zero-order valence-corrected chi connectivity index (χ0v) is 20.1. The highest BCUT2D eigenvalue weighted by Crippen LogP contribution is 2.38. The van der Waals surface area contributed by atoms with Crippen molar-refractivity contribution in [2.45, 2.75) is 32.0 Å². The lowest BCUT2D eigenvalue weighted by Gasteiger charge is -2.38. The molecular weight excluding hydrogens is 444 g/mol. The first-order valence-corrected chi connectivity index (χ1v) is 11.5. The summed E-state index contributed by atoms with van der Waals surface area (Å²) in [4.78, 5) is 29.9. The molecule has 0 unspecified atom stereocenters. The average molecular weight is 475 g/mol. The number of benzene rings is 3. The number of amides is 4. The van der Waals surface area contributed by atoms with Crippen LogP contribution in [0.4, 0.5) is 21.0 Å². The van der Waals surface area contributed by atoms with Crippen molar-refractivity contribution in [3.8, 4) is 5.75 Å². The van der Waals surface area contributed by atoms with Gasteiger partial charge in [0.05, 0.1) is 12.6 Å². The van der Waals surface area contributed by atoms with Crippen LogP contribution in [0, 0.1) is 0 Å². The van der Waals surface area contributed by atoms with Crippen LogP contribution in [0.5, 0.6) is 5.75 Å². The molecule has 8 nitrogen and oxygen atoms in total. The average Bonchev–Trinajstić information content (AvgIpc) is 3.07. The van der Waals surface area contributed by atoms with Gasteiger partial charge >= 0.3 is 12.1 Å². The van der Waals surface area contributed by atoms with Crippen molar-refractivity contribution < 1.29 is 19.5 Å². The van der Waals surface area contributed by atoms with Gasteiger partial charge in [-0.3, -0.25) is 10.1 Å². The number of anilines is 2. The van der Waals surface area contributed by atoms with E-state index in [1.165, 1.54) is 4.90 Å². The third kappa shape index (κ3) is 4.79. The summed E-state index contributed by atoms with van der Waals surface area (Å²) in [6.07, 6.45) is -0.422. The Balaban J connectivity index is 1.64. The fraction of sp³-hybridized carbons (Fsp3) is 0.259. The number of rotatable bonds is 7. The quantitative estimate of drug-likeness (QED) is 0.364. The summed E-state index contributed by atoms with van der Waals surface area (Å²) >= 11 is 0. The highest BCUT2D eigenvalue weighted by molar-refractivity contribution is 5.98. The molecule has 3 aromatic rings. The molecule has 1 atom stereocenters. The Morgan fingerprint density at radius 1 is 1.00 bits per heavy atom. The number of hydroxylamine groups is 2. The molecule has 1 saturated heterocycles. The predicted octanol–water partition coefficient (Wildman–Crippen LogP) is 5.21. The van der Waals surface area contributed by atoms with Crippen LogP contribution in [0.1, 0.15) is 19.4 Å². The second kappa shape index (κ2) is 10.1. The Bertz CT molecular complexity index is 1170. The summed E-state index contributed by atoms with van der Waals surface area (Å²) in [5, 5.41) is 14.4. The number of hydrogen-bond acceptors (Lipinski definition) is 4. The van der Waals surface area contributed by atoms with Crippen molar-refractivity contribution in [3.63, 3.8) is 0 Å². The molecule has 1 aliphatic heterocycles. The van der Waals surface area contributed by atoms with Gasteiger partial charge in [0.25, 0.3) is 0 Å². The van der Waals surface area contributed by atoms with Crippen LogP contribution in [-0.4, -0.2) is 52.6 Å². The Kier molecular flexibility index (Phi) is 6.93. The molecule has 1 aliphatic rings. The van der Waals surface area contributed by atoms with Crippen molar-refractivity contribution in [1.82, 2.24) is 9.96 Å². The van der Waals surface area contributed by atoms with E-state index in [2.05, 4.69) is 5.32 Å². The molecule has 1 heterocycles. The van der Waals surface area contributed by atoms with Gasteiger partial charge in [0.1, 0.15) is 5.75 Å². The van der Waals surface area contributed by atoms with Crippen LogP contribution < -0.4 is 15.0 Å². The third-order valence-corrected chi connectivity index (χ3v) is 6.31. The van der Waals surface area contributed by atoms with Crippen LogP contribution >= 0.6 is 0 Å². The van der Waals surface area contributed by atoms with Crippen LogP contribution in [0.25, 0.3) is 0 Å². The summed E-state index contributed by atoms with van der Waals surface area (Å²) in [5.41, 5.74) is 1.17. The van der Waals surface area contributed by atoms with Gasteiger partial charge in [-0.15, -0.1) is 0 Å². The Morgan fingerprint density at radius 2 is 1.60 bits per heavy atom. The van der Waals surface area contributed by atoms with E-state index < -0.39 is 17.7 Å². The SMILES string of the molecule is COc1ccccc1CCN1C(=O)N(c2ccccc2)[C@H](N(O)C(=O)Nc2ccccc2)C1(C)C. The Morgan fingerprint density at radius 3 is 2.26 bits per heavy atom. The number of methoxy groups -OCH3 is 1. The minimum Gasteiger partial charge on any atom is -0.496 e. The van der Waals surface area contributed by atoms with Crippen molar-refractivity contribution >= 4 is 23.4 Å². The number of urea groups is 2. The highest BCUT2D eigenvalue weighted by atomic mass is 16.5. The van der Waals surface area contributed by atoms with E-state index in [9.17, 15) is 14.8 Å². The first-order valence-electron chi connectivity index (χ1n) is 11.5. The maximum absolute atomic E-state index is 13.7. The van der Waals surface area contributed by atoms with E-state index in [0.717, 1.165) is 11.3 Å². The summed E-state index contributed by atoms with van der Waals surface area (Å²) in [6, 6.07) is 24.6. The van der Waals surface area contributed by atoms with E-state index in [-0.39, 0.29) is 6.03 Å². The Hall–Kier alpha value is -4.04. The molecule has 0 radical (unpaired) electrons. The molecule has 2 N–H and O–H groups in total. The molecule has 0 aliphatic carbocycles. The predicted molar refractivity (Wildman–Crippen MR) is 135 cm³/mol. The standard InChI is InChI=1S/C27H30N4O4/c1-27(2)24(31(34)25(32)28-21-13-6-4-7-14-21)30(22-15-8-5-9-16-22)26(33)29(27)19-18-20-12-10-11-17-23(20)35-3/h4-17,24,34H,18-19H2,1-3H3,(H,28,32)/t24-/m1/s1. The number of ether oxygens (including phenoxy) is 1.